The maximum atomic E-state index is 4.45. The molecule has 4 rings (SSSR count). The maximum absolute atomic E-state index is 4.45. The molecule has 1 aliphatic heterocycles. The molecule has 0 spiro atoms. The molecule has 7 heteroatoms. The van der Waals surface area contributed by atoms with E-state index in [-0.39, 0.29) is 0 Å². The summed E-state index contributed by atoms with van der Waals surface area (Å²) in [5.74, 6) is 0.884. The zero-order valence-corrected chi connectivity index (χ0v) is 14.5. The highest BCUT2D eigenvalue weighted by atomic mass is 15.5. The van der Waals surface area contributed by atoms with Crippen molar-refractivity contribution in [2.45, 2.75) is 45.3 Å². The molecule has 0 saturated carbocycles. The van der Waals surface area contributed by atoms with Gasteiger partial charge in [-0.1, -0.05) is 24.6 Å². The molecule has 7 nitrogen and oxygen atoms in total. The van der Waals surface area contributed by atoms with Crippen LogP contribution in [0.2, 0.25) is 0 Å². The van der Waals surface area contributed by atoms with Crippen molar-refractivity contribution in [3.63, 3.8) is 0 Å². The van der Waals surface area contributed by atoms with E-state index >= 15 is 0 Å². The lowest BCUT2D eigenvalue weighted by Crippen LogP contribution is -2.42. The zero-order valence-electron chi connectivity index (χ0n) is 14.5. The third-order valence-corrected chi connectivity index (χ3v) is 4.79. The van der Waals surface area contributed by atoms with Gasteiger partial charge in [0.15, 0.2) is 5.82 Å². The third-order valence-electron chi connectivity index (χ3n) is 4.79. The van der Waals surface area contributed by atoms with Crippen LogP contribution in [0.25, 0.3) is 5.69 Å². The summed E-state index contributed by atoms with van der Waals surface area (Å²) < 4.78 is 3.89. The Balaban J connectivity index is 1.51. The summed E-state index contributed by atoms with van der Waals surface area (Å²) in [5.41, 5.74) is 2.20. The average Bonchev–Trinajstić information content (AvgIpc) is 3.26. The lowest BCUT2D eigenvalue weighted by Gasteiger charge is -2.35. The normalized spacial score (nSPS) is 18.5. The molecule has 0 radical (unpaired) electrons. The fourth-order valence-corrected chi connectivity index (χ4v) is 3.51. The number of aryl methyl sites for hydroxylation is 1. The van der Waals surface area contributed by atoms with Crippen molar-refractivity contribution in [3.05, 3.63) is 54.1 Å². The van der Waals surface area contributed by atoms with Gasteiger partial charge in [0, 0.05) is 12.2 Å². The van der Waals surface area contributed by atoms with Crippen LogP contribution in [-0.2, 0) is 13.1 Å². The number of aromatic nitrogens is 6. The van der Waals surface area contributed by atoms with Gasteiger partial charge in [-0.3, -0.25) is 9.58 Å². The van der Waals surface area contributed by atoms with E-state index in [9.17, 15) is 0 Å². The number of likely N-dealkylation sites (tertiary alicyclic amines) is 1. The number of nitrogens with zero attached hydrogens (tertiary/aromatic N) is 7. The molecule has 0 N–H and O–H groups in total. The molecule has 2 aromatic heterocycles. The number of piperidine rings is 1. The topological polar surface area (TPSA) is 64.7 Å². The Labute approximate surface area is 147 Å². The molecule has 3 aromatic rings. The molecule has 1 fully saturated rings. The van der Waals surface area contributed by atoms with E-state index in [2.05, 4.69) is 43.3 Å². The predicted molar refractivity (Wildman–Crippen MR) is 94.2 cm³/mol. The molecule has 25 heavy (non-hydrogen) atoms. The third kappa shape index (κ3) is 3.61. The van der Waals surface area contributed by atoms with Gasteiger partial charge in [-0.25, -0.2) is 0 Å². The van der Waals surface area contributed by atoms with Crippen LogP contribution < -0.4 is 0 Å². The minimum atomic E-state index is 0.467. The summed E-state index contributed by atoms with van der Waals surface area (Å²) in [6, 6.07) is 10.5. The Kier molecular flexibility index (Phi) is 4.56. The zero-order chi connectivity index (χ0) is 17.1. The van der Waals surface area contributed by atoms with Crippen molar-refractivity contribution >= 4 is 0 Å². The highest BCUT2D eigenvalue weighted by Gasteiger charge is 2.25. The molecule has 3 heterocycles. The first-order valence-corrected chi connectivity index (χ1v) is 8.85. The Bertz CT molecular complexity index is 808. The van der Waals surface area contributed by atoms with Crippen molar-refractivity contribution in [2.24, 2.45) is 0 Å². The first-order chi connectivity index (χ1) is 12.3. The summed E-state index contributed by atoms with van der Waals surface area (Å²) in [6.07, 6.45) is 7.71. The number of tetrazole rings is 1. The van der Waals surface area contributed by atoms with Gasteiger partial charge in [0.2, 0.25) is 0 Å². The summed E-state index contributed by atoms with van der Waals surface area (Å²) in [7, 11) is 0. The molecule has 1 saturated heterocycles. The van der Waals surface area contributed by atoms with E-state index in [1.807, 2.05) is 41.2 Å². The van der Waals surface area contributed by atoms with Crippen LogP contribution in [0.1, 0.15) is 30.7 Å². The molecule has 130 valence electrons. The van der Waals surface area contributed by atoms with E-state index in [1.54, 1.807) is 0 Å². The van der Waals surface area contributed by atoms with Crippen LogP contribution >= 0.6 is 0 Å². The van der Waals surface area contributed by atoms with Gasteiger partial charge < -0.3 is 0 Å². The minimum Gasteiger partial charge on any atom is -0.291 e. The number of hydrogen-bond acceptors (Lipinski definition) is 5. The van der Waals surface area contributed by atoms with Crippen LogP contribution in [0.3, 0.4) is 0 Å². The summed E-state index contributed by atoms with van der Waals surface area (Å²) in [4.78, 5) is 2.49. The summed E-state index contributed by atoms with van der Waals surface area (Å²) in [6.45, 7) is 4.83. The summed E-state index contributed by atoms with van der Waals surface area (Å²) in [5, 5.41) is 16.8. The number of para-hydroxylation sites is 1. The number of hydrogen-bond donors (Lipinski definition) is 0. The molecule has 0 amide bonds. The standard InChI is InChI=1S/C18H23N7/c1-15-11-19-24(12-15)13-17-9-5-6-10-23(17)14-18-20-21-22-25(18)16-7-3-2-4-8-16/h2-4,7-8,11-12,17H,5-6,9-10,13-14H2,1H3/t17-/m0/s1. The second-order valence-corrected chi connectivity index (χ2v) is 6.70. The predicted octanol–water partition coefficient (Wildman–Crippen LogP) is 2.22. The Morgan fingerprint density at radius 1 is 1.16 bits per heavy atom. The largest absolute Gasteiger partial charge is 0.291 e. The smallest absolute Gasteiger partial charge is 0.170 e. The Morgan fingerprint density at radius 2 is 2.04 bits per heavy atom. The van der Waals surface area contributed by atoms with E-state index in [0.29, 0.717) is 6.04 Å². The van der Waals surface area contributed by atoms with E-state index in [0.717, 1.165) is 31.1 Å². The average molecular weight is 337 g/mol. The minimum absolute atomic E-state index is 0.467. The van der Waals surface area contributed by atoms with Crippen LogP contribution in [0, 0.1) is 6.92 Å². The SMILES string of the molecule is Cc1cnn(C[C@@H]2CCCCN2Cc2nnnn2-c2ccccc2)c1. The lowest BCUT2D eigenvalue weighted by molar-refractivity contribution is 0.118. The highest BCUT2D eigenvalue weighted by Crippen LogP contribution is 2.21. The maximum Gasteiger partial charge on any atom is 0.170 e. The first kappa shape index (κ1) is 16.0. The fraction of sp³-hybridized carbons (Fsp3) is 0.444. The number of rotatable bonds is 5. The Morgan fingerprint density at radius 3 is 2.84 bits per heavy atom. The molecule has 1 aromatic carbocycles. The molecule has 1 aliphatic rings. The van der Waals surface area contributed by atoms with Crippen molar-refractivity contribution in [3.8, 4) is 5.69 Å². The molecular weight excluding hydrogens is 314 g/mol. The fourth-order valence-electron chi connectivity index (χ4n) is 3.51. The second kappa shape index (κ2) is 7.14. The summed E-state index contributed by atoms with van der Waals surface area (Å²) >= 11 is 0. The highest BCUT2D eigenvalue weighted by molar-refractivity contribution is 5.30. The molecule has 0 bridgehead atoms. The molecular formula is C18H23N7. The lowest BCUT2D eigenvalue weighted by atomic mass is 10.0. The molecule has 1 atom stereocenters. The van der Waals surface area contributed by atoms with Crippen molar-refractivity contribution < 1.29 is 0 Å². The monoisotopic (exact) mass is 337 g/mol. The van der Waals surface area contributed by atoms with Crippen molar-refractivity contribution in [2.75, 3.05) is 6.54 Å². The van der Waals surface area contributed by atoms with Crippen LogP contribution in [0.4, 0.5) is 0 Å². The quantitative estimate of drug-likeness (QED) is 0.714. The van der Waals surface area contributed by atoms with Gasteiger partial charge in [0.1, 0.15) is 0 Å². The van der Waals surface area contributed by atoms with Crippen LogP contribution in [0.15, 0.2) is 42.7 Å². The second-order valence-electron chi connectivity index (χ2n) is 6.70. The van der Waals surface area contributed by atoms with E-state index in [4.69, 9.17) is 0 Å². The van der Waals surface area contributed by atoms with Gasteiger partial charge in [0.25, 0.3) is 0 Å². The van der Waals surface area contributed by atoms with Crippen molar-refractivity contribution in [1.29, 1.82) is 0 Å². The molecule has 0 aliphatic carbocycles. The van der Waals surface area contributed by atoms with Crippen LogP contribution in [0.5, 0.6) is 0 Å². The van der Waals surface area contributed by atoms with Gasteiger partial charge in [-0.2, -0.15) is 9.78 Å². The van der Waals surface area contributed by atoms with E-state index in [1.165, 1.54) is 24.8 Å². The van der Waals surface area contributed by atoms with Gasteiger partial charge in [0.05, 0.1) is 25.0 Å². The number of benzene rings is 1. The first-order valence-electron chi connectivity index (χ1n) is 8.85. The van der Waals surface area contributed by atoms with Crippen molar-refractivity contribution in [1.82, 2.24) is 34.9 Å². The molecule has 0 unspecified atom stereocenters. The van der Waals surface area contributed by atoms with E-state index < -0.39 is 0 Å². The van der Waals surface area contributed by atoms with Gasteiger partial charge >= 0.3 is 0 Å². The van der Waals surface area contributed by atoms with Crippen LogP contribution in [-0.4, -0.2) is 47.5 Å². The van der Waals surface area contributed by atoms with Gasteiger partial charge in [-0.05, 0) is 54.4 Å². The van der Waals surface area contributed by atoms with Gasteiger partial charge in [-0.15, -0.1) is 5.10 Å². The Hall–Kier alpha value is -2.54.